The molecule has 1 fully saturated rings. The van der Waals surface area contributed by atoms with Gasteiger partial charge in [-0.3, -0.25) is 9.67 Å². The number of benzene rings is 1. The molecule has 0 bridgehead atoms. The van der Waals surface area contributed by atoms with Crippen LogP contribution < -0.4 is 4.90 Å². The SMILES string of the molecule is S=c1[nH]nc(-c2cccc(Cl)c2)n1CC[NH+]1CCCCC1. The predicted octanol–water partition coefficient (Wildman–Crippen LogP) is 2.33. The molecule has 4 nitrogen and oxygen atoms in total. The summed E-state index contributed by atoms with van der Waals surface area (Å²) in [6.07, 6.45) is 4.06. The Kier molecular flexibility index (Phi) is 4.73. The van der Waals surface area contributed by atoms with Gasteiger partial charge in [0, 0.05) is 10.6 Å². The second-order valence-corrected chi connectivity index (χ2v) is 6.40. The number of hydrogen-bond donors (Lipinski definition) is 2. The first-order chi connectivity index (χ1) is 10.2. The van der Waals surface area contributed by atoms with E-state index in [1.807, 2.05) is 24.3 Å². The average Bonchev–Trinajstić information content (AvgIpc) is 2.87. The number of nitrogens with one attached hydrogen (secondary N) is 2. The fraction of sp³-hybridized carbons (Fsp3) is 0.467. The van der Waals surface area contributed by atoms with Crippen LogP contribution in [-0.2, 0) is 6.54 Å². The van der Waals surface area contributed by atoms with Crippen molar-refractivity contribution < 1.29 is 4.90 Å². The first-order valence-corrected chi connectivity index (χ1v) is 8.27. The van der Waals surface area contributed by atoms with E-state index in [-0.39, 0.29) is 0 Å². The zero-order valence-corrected chi connectivity index (χ0v) is 13.5. The van der Waals surface area contributed by atoms with Crippen molar-refractivity contribution in [2.45, 2.75) is 25.8 Å². The highest BCUT2D eigenvalue weighted by molar-refractivity contribution is 7.71. The molecule has 0 saturated carbocycles. The maximum absolute atomic E-state index is 6.08. The van der Waals surface area contributed by atoms with Gasteiger partial charge >= 0.3 is 0 Å². The molecule has 0 atom stereocenters. The van der Waals surface area contributed by atoms with Crippen molar-refractivity contribution in [3.63, 3.8) is 0 Å². The van der Waals surface area contributed by atoms with Crippen molar-refractivity contribution in [2.75, 3.05) is 19.6 Å². The standard InChI is InChI=1S/C15H19ClN4S/c16-13-6-4-5-12(11-13)14-17-18-15(21)20(14)10-9-19-7-2-1-3-8-19/h4-6,11H,1-3,7-10H2,(H,18,21)/p+1. The summed E-state index contributed by atoms with van der Waals surface area (Å²) in [5, 5.41) is 7.99. The first-order valence-electron chi connectivity index (χ1n) is 7.49. The molecular formula is C15H20ClN4S+. The number of piperidine rings is 1. The van der Waals surface area contributed by atoms with E-state index >= 15 is 0 Å². The average molecular weight is 324 g/mol. The number of aromatic amines is 1. The summed E-state index contributed by atoms with van der Waals surface area (Å²) in [4.78, 5) is 1.67. The van der Waals surface area contributed by atoms with Crippen LogP contribution in [0.4, 0.5) is 0 Å². The van der Waals surface area contributed by atoms with E-state index in [4.69, 9.17) is 23.8 Å². The second-order valence-electron chi connectivity index (χ2n) is 5.58. The molecule has 1 aliphatic heterocycles. The normalized spacial score (nSPS) is 16.2. The van der Waals surface area contributed by atoms with Crippen LogP contribution in [-0.4, -0.2) is 34.4 Å². The minimum absolute atomic E-state index is 0.682. The Labute approximate surface area is 134 Å². The van der Waals surface area contributed by atoms with Gasteiger partial charge in [0.1, 0.15) is 0 Å². The lowest BCUT2D eigenvalue weighted by Gasteiger charge is -2.23. The molecule has 3 rings (SSSR count). The maximum atomic E-state index is 6.08. The Morgan fingerprint density at radius 2 is 2.10 bits per heavy atom. The maximum Gasteiger partial charge on any atom is 0.195 e. The lowest BCUT2D eigenvalue weighted by atomic mass is 10.1. The van der Waals surface area contributed by atoms with Crippen molar-refractivity contribution in [3.8, 4) is 11.4 Å². The van der Waals surface area contributed by atoms with E-state index in [9.17, 15) is 0 Å². The number of rotatable bonds is 4. The molecule has 21 heavy (non-hydrogen) atoms. The Morgan fingerprint density at radius 3 is 2.86 bits per heavy atom. The Bertz CT molecular complexity index is 658. The summed E-state index contributed by atoms with van der Waals surface area (Å²) in [6, 6.07) is 7.75. The van der Waals surface area contributed by atoms with Gasteiger partial charge in [0.2, 0.25) is 0 Å². The van der Waals surface area contributed by atoms with Gasteiger partial charge in [-0.25, -0.2) is 0 Å². The number of hydrogen-bond acceptors (Lipinski definition) is 2. The molecule has 0 spiro atoms. The van der Waals surface area contributed by atoms with Crippen LogP contribution in [0.15, 0.2) is 24.3 Å². The summed E-state index contributed by atoms with van der Waals surface area (Å²) in [5.41, 5.74) is 1.00. The molecule has 0 aliphatic carbocycles. The van der Waals surface area contributed by atoms with Crippen LogP contribution in [0.1, 0.15) is 19.3 Å². The summed E-state index contributed by atoms with van der Waals surface area (Å²) in [7, 11) is 0. The monoisotopic (exact) mass is 323 g/mol. The van der Waals surface area contributed by atoms with Crippen LogP contribution >= 0.6 is 23.8 Å². The summed E-state index contributed by atoms with van der Waals surface area (Å²) < 4.78 is 2.77. The van der Waals surface area contributed by atoms with Crippen LogP contribution in [0.3, 0.4) is 0 Å². The fourth-order valence-corrected chi connectivity index (χ4v) is 3.36. The van der Waals surface area contributed by atoms with E-state index < -0.39 is 0 Å². The highest BCUT2D eigenvalue weighted by atomic mass is 35.5. The van der Waals surface area contributed by atoms with Crippen molar-refractivity contribution in [1.82, 2.24) is 14.8 Å². The van der Waals surface area contributed by atoms with Crippen molar-refractivity contribution in [2.24, 2.45) is 0 Å². The molecule has 1 aromatic heterocycles. The molecule has 2 heterocycles. The summed E-state index contributed by atoms with van der Waals surface area (Å²) in [6.45, 7) is 4.54. The third-order valence-corrected chi connectivity index (χ3v) is 4.64. The number of H-pyrrole nitrogens is 1. The number of quaternary nitrogens is 1. The Morgan fingerprint density at radius 1 is 1.29 bits per heavy atom. The van der Waals surface area contributed by atoms with E-state index in [2.05, 4.69) is 14.8 Å². The lowest BCUT2D eigenvalue weighted by Crippen LogP contribution is -3.13. The third kappa shape index (κ3) is 3.54. The van der Waals surface area contributed by atoms with Crippen LogP contribution in [0, 0.1) is 4.77 Å². The zero-order chi connectivity index (χ0) is 14.7. The van der Waals surface area contributed by atoms with E-state index in [1.165, 1.54) is 32.4 Å². The van der Waals surface area contributed by atoms with Gasteiger partial charge in [-0.1, -0.05) is 23.7 Å². The number of nitrogens with zero attached hydrogens (tertiary/aromatic N) is 2. The fourth-order valence-electron chi connectivity index (χ4n) is 2.94. The molecule has 112 valence electrons. The molecule has 2 aromatic rings. The van der Waals surface area contributed by atoms with Gasteiger partial charge in [-0.05, 0) is 43.6 Å². The van der Waals surface area contributed by atoms with Gasteiger partial charge in [-0.15, -0.1) is 0 Å². The smallest absolute Gasteiger partial charge is 0.195 e. The molecule has 2 N–H and O–H groups in total. The van der Waals surface area contributed by atoms with Crippen molar-refractivity contribution >= 4 is 23.8 Å². The molecule has 0 radical (unpaired) electrons. The molecular weight excluding hydrogens is 304 g/mol. The zero-order valence-electron chi connectivity index (χ0n) is 11.9. The Hall–Kier alpha value is -1.17. The molecule has 1 aromatic carbocycles. The molecule has 1 aliphatic rings. The van der Waals surface area contributed by atoms with Gasteiger partial charge in [0.15, 0.2) is 10.6 Å². The predicted molar refractivity (Wildman–Crippen MR) is 87.3 cm³/mol. The summed E-state index contributed by atoms with van der Waals surface area (Å²) >= 11 is 11.5. The molecule has 0 unspecified atom stereocenters. The van der Waals surface area contributed by atoms with Crippen molar-refractivity contribution in [3.05, 3.63) is 34.1 Å². The van der Waals surface area contributed by atoms with Gasteiger partial charge in [0.25, 0.3) is 0 Å². The number of halogens is 1. The molecule has 6 heteroatoms. The van der Waals surface area contributed by atoms with E-state index in [0.29, 0.717) is 4.77 Å². The van der Waals surface area contributed by atoms with Crippen LogP contribution in [0.2, 0.25) is 5.02 Å². The molecule has 0 amide bonds. The van der Waals surface area contributed by atoms with E-state index in [0.717, 1.165) is 29.5 Å². The number of likely N-dealkylation sites (tertiary alicyclic amines) is 1. The van der Waals surface area contributed by atoms with E-state index in [1.54, 1.807) is 4.90 Å². The summed E-state index contributed by atoms with van der Waals surface area (Å²) in [5.74, 6) is 0.874. The topological polar surface area (TPSA) is 38.0 Å². The Balaban J connectivity index is 1.78. The van der Waals surface area contributed by atoms with Crippen LogP contribution in [0.25, 0.3) is 11.4 Å². The van der Waals surface area contributed by atoms with Gasteiger partial charge < -0.3 is 4.90 Å². The lowest BCUT2D eigenvalue weighted by molar-refractivity contribution is -0.905. The quantitative estimate of drug-likeness (QED) is 0.848. The van der Waals surface area contributed by atoms with Crippen molar-refractivity contribution in [1.29, 1.82) is 0 Å². The minimum Gasteiger partial charge on any atom is -0.333 e. The van der Waals surface area contributed by atoms with Gasteiger partial charge in [0.05, 0.1) is 26.2 Å². The molecule has 1 saturated heterocycles. The second kappa shape index (κ2) is 6.73. The minimum atomic E-state index is 0.682. The third-order valence-electron chi connectivity index (χ3n) is 4.09. The first kappa shape index (κ1) is 14.8. The van der Waals surface area contributed by atoms with Gasteiger partial charge in [-0.2, -0.15) is 5.10 Å². The van der Waals surface area contributed by atoms with Crippen LogP contribution in [0.5, 0.6) is 0 Å². The highest BCUT2D eigenvalue weighted by Crippen LogP contribution is 2.20. The number of aromatic nitrogens is 3. The largest absolute Gasteiger partial charge is 0.333 e. The highest BCUT2D eigenvalue weighted by Gasteiger charge is 2.15.